The lowest BCUT2D eigenvalue weighted by atomic mass is 9.93. The highest BCUT2D eigenvalue weighted by molar-refractivity contribution is 5.45. The molecule has 5 heteroatoms. The van der Waals surface area contributed by atoms with Crippen molar-refractivity contribution < 1.29 is 14.6 Å². The number of ether oxygens (including phenoxy) is 2. The van der Waals surface area contributed by atoms with Gasteiger partial charge in [0.2, 0.25) is 6.79 Å². The van der Waals surface area contributed by atoms with Crippen LogP contribution in [0.15, 0.2) is 48.8 Å². The van der Waals surface area contributed by atoms with Crippen LogP contribution in [0.4, 0.5) is 0 Å². The summed E-state index contributed by atoms with van der Waals surface area (Å²) in [6.07, 6.45) is 3.72. The van der Waals surface area contributed by atoms with Crippen molar-refractivity contribution in [2.75, 3.05) is 6.79 Å². The van der Waals surface area contributed by atoms with Crippen molar-refractivity contribution in [1.29, 1.82) is 0 Å². The number of hydrogen-bond donors (Lipinski definition) is 1. The van der Waals surface area contributed by atoms with Gasteiger partial charge in [0.05, 0.1) is 6.61 Å². The van der Waals surface area contributed by atoms with Crippen LogP contribution in [0.5, 0.6) is 11.5 Å². The Balaban J connectivity index is 1.64. The van der Waals surface area contributed by atoms with Gasteiger partial charge in [0.25, 0.3) is 0 Å². The van der Waals surface area contributed by atoms with E-state index < -0.39 is 0 Å². The number of aromatic nitrogens is 1. The zero-order chi connectivity index (χ0) is 21.1. The van der Waals surface area contributed by atoms with Crippen molar-refractivity contribution in [2.45, 2.75) is 47.0 Å². The van der Waals surface area contributed by atoms with Crippen LogP contribution in [0.25, 0.3) is 0 Å². The van der Waals surface area contributed by atoms with Gasteiger partial charge in [-0.05, 0) is 77.9 Å². The molecular formula is C25H28N2O3. The number of nitrogens with zero attached hydrogens (tertiary/aromatic N) is 2. The number of aryl methyl sites for hydroxylation is 2. The molecule has 0 aliphatic carbocycles. The highest BCUT2D eigenvalue weighted by atomic mass is 16.7. The SMILES string of the molecule is Cc1cc(C)c(CN(Cc2cccnc2)Cc2ccc3c(c2)OCO3)c(C)c1CO. The number of benzene rings is 2. The van der Waals surface area contributed by atoms with Gasteiger partial charge in [-0.15, -0.1) is 0 Å². The Labute approximate surface area is 177 Å². The van der Waals surface area contributed by atoms with Crippen LogP contribution in [-0.4, -0.2) is 21.8 Å². The summed E-state index contributed by atoms with van der Waals surface area (Å²) < 4.78 is 11.0. The number of rotatable bonds is 7. The Kier molecular flexibility index (Phi) is 6.02. The second-order valence-corrected chi connectivity index (χ2v) is 7.94. The zero-order valence-electron chi connectivity index (χ0n) is 17.8. The van der Waals surface area contributed by atoms with Gasteiger partial charge in [0, 0.05) is 32.0 Å². The lowest BCUT2D eigenvalue weighted by Crippen LogP contribution is -2.24. The molecule has 0 spiro atoms. The maximum atomic E-state index is 9.86. The normalized spacial score (nSPS) is 12.6. The highest BCUT2D eigenvalue weighted by Gasteiger charge is 2.18. The van der Waals surface area contributed by atoms with Crippen LogP contribution in [-0.2, 0) is 26.2 Å². The Bertz CT molecular complexity index is 1030. The fourth-order valence-corrected chi connectivity index (χ4v) is 4.20. The van der Waals surface area contributed by atoms with Crippen molar-refractivity contribution in [3.05, 3.63) is 87.7 Å². The molecule has 2 aromatic carbocycles. The van der Waals surface area contributed by atoms with Crippen molar-refractivity contribution in [3.8, 4) is 11.5 Å². The molecule has 0 atom stereocenters. The Morgan fingerprint density at radius 2 is 1.67 bits per heavy atom. The van der Waals surface area contributed by atoms with Gasteiger partial charge in [-0.2, -0.15) is 0 Å². The maximum Gasteiger partial charge on any atom is 0.231 e. The van der Waals surface area contributed by atoms with Gasteiger partial charge in [-0.25, -0.2) is 0 Å². The minimum atomic E-state index is 0.0652. The van der Waals surface area contributed by atoms with Crippen molar-refractivity contribution in [3.63, 3.8) is 0 Å². The van der Waals surface area contributed by atoms with Gasteiger partial charge in [0.1, 0.15) is 0 Å². The minimum absolute atomic E-state index is 0.0652. The van der Waals surface area contributed by atoms with Crippen LogP contribution in [0.1, 0.15) is 38.9 Å². The second kappa shape index (κ2) is 8.86. The van der Waals surface area contributed by atoms with Gasteiger partial charge < -0.3 is 14.6 Å². The summed E-state index contributed by atoms with van der Waals surface area (Å²) in [6, 6.07) is 12.4. The predicted octanol–water partition coefficient (Wildman–Crippen LogP) is 4.43. The summed E-state index contributed by atoms with van der Waals surface area (Å²) in [7, 11) is 0. The van der Waals surface area contributed by atoms with Crippen LogP contribution >= 0.6 is 0 Å². The predicted molar refractivity (Wildman–Crippen MR) is 116 cm³/mol. The molecule has 3 aromatic rings. The average Bonchev–Trinajstić information content (AvgIpc) is 3.20. The first kappa shape index (κ1) is 20.4. The first-order chi connectivity index (χ1) is 14.5. The standard InChI is InChI=1S/C25H28N2O3/c1-17-9-18(2)23(15-28)19(3)22(17)14-27(13-21-5-4-8-26-11-21)12-20-6-7-24-25(10-20)30-16-29-24/h4-11,28H,12-16H2,1-3H3. The third kappa shape index (κ3) is 4.32. The van der Waals surface area contributed by atoms with E-state index in [1.165, 1.54) is 27.8 Å². The topological polar surface area (TPSA) is 54.8 Å². The fraction of sp³-hybridized carbons (Fsp3) is 0.320. The minimum Gasteiger partial charge on any atom is -0.454 e. The van der Waals surface area contributed by atoms with E-state index in [-0.39, 0.29) is 13.4 Å². The number of aliphatic hydroxyl groups excluding tert-OH is 1. The van der Waals surface area contributed by atoms with Gasteiger partial charge in [0.15, 0.2) is 11.5 Å². The third-order valence-corrected chi connectivity index (χ3v) is 5.80. The van der Waals surface area contributed by atoms with Gasteiger partial charge >= 0.3 is 0 Å². The van der Waals surface area contributed by atoms with E-state index in [1.807, 2.05) is 18.3 Å². The quantitative estimate of drug-likeness (QED) is 0.631. The molecular weight excluding hydrogens is 376 g/mol. The lowest BCUT2D eigenvalue weighted by molar-refractivity contribution is 0.174. The molecule has 1 N–H and O–H groups in total. The molecule has 5 nitrogen and oxygen atoms in total. The van der Waals surface area contributed by atoms with Crippen molar-refractivity contribution in [2.24, 2.45) is 0 Å². The molecule has 1 aliphatic rings. The van der Waals surface area contributed by atoms with Crippen LogP contribution < -0.4 is 9.47 Å². The molecule has 0 saturated carbocycles. The van der Waals surface area contributed by atoms with E-state index in [2.05, 4.69) is 54.9 Å². The summed E-state index contributed by atoms with van der Waals surface area (Å²) in [4.78, 5) is 6.68. The Morgan fingerprint density at radius 3 is 2.43 bits per heavy atom. The Morgan fingerprint density at radius 1 is 0.900 bits per heavy atom. The summed E-state index contributed by atoms with van der Waals surface area (Å²) in [5.41, 5.74) is 8.22. The third-order valence-electron chi connectivity index (χ3n) is 5.80. The van der Waals surface area contributed by atoms with Gasteiger partial charge in [-0.3, -0.25) is 9.88 Å². The number of hydrogen-bond acceptors (Lipinski definition) is 5. The molecule has 4 rings (SSSR count). The zero-order valence-corrected chi connectivity index (χ0v) is 17.8. The molecule has 156 valence electrons. The van der Waals surface area contributed by atoms with Crippen molar-refractivity contribution >= 4 is 0 Å². The average molecular weight is 405 g/mol. The summed E-state index contributed by atoms with van der Waals surface area (Å²) in [5.74, 6) is 1.61. The van der Waals surface area contributed by atoms with E-state index in [0.717, 1.165) is 42.3 Å². The number of pyridine rings is 1. The van der Waals surface area contributed by atoms with E-state index in [9.17, 15) is 5.11 Å². The highest BCUT2D eigenvalue weighted by Crippen LogP contribution is 2.33. The Hall–Kier alpha value is -2.89. The maximum absolute atomic E-state index is 9.86. The molecule has 2 heterocycles. The molecule has 0 radical (unpaired) electrons. The monoisotopic (exact) mass is 404 g/mol. The first-order valence-corrected chi connectivity index (χ1v) is 10.2. The summed E-state index contributed by atoms with van der Waals surface area (Å²) in [6.45, 7) is 9.02. The van der Waals surface area contributed by atoms with E-state index >= 15 is 0 Å². The lowest BCUT2D eigenvalue weighted by Gasteiger charge is -2.26. The van der Waals surface area contributed by atoms with E-state index in [4.69, 9.17) is 9.47 Å². The first-order valence-electron chi connectivity index (χ1n) is 10.2. The van der Waals surface area contributed by atoms with Crippen LogP contribution in [0.3, 0.4) is 0 Å². The summed E-state index contributed by atoms with van der Waals surface area (Å²) >= 11 is 0. The van der Waals surface area contributed by atoms with E-state index in [1.54, 1.807) is 6.20 Å². The molecule has 0 amide bonds. The molecule has 0 unspecified atom stereocenters. The fourth-order valence-electron chi connectivity index (χ4n) is 4.20. The van der Waals surface area contributed by atoms with E-state index in [0.29, 0.717) is 0 Å². The molecule has 30 heavy (non-hydrogen) atoms. The second-order valence-electron chi connectivity index (χ2n) is 7.94. The summed E-state index contributed by atoms with van der Waals surface area (Å²) in [5, 5.41) is 9.86. The smallest absolute Gasteiger partial charge is 0.231 e. The van der Waals surface area contributed by atoms with Gasteiger partial charge in [-0.1, -0.05) is 18.2 Å². The van der Waals surface area contributed by atoms with Crippen molar-refractivity contribution in [1.82, 2.24) is 9.88 Å². The number of aliphatic hydroxyl groups is 1. The molecule has 0 saturated heterocycles. The van der Waals surface area contributed by atoms with Crippen LogP contribution in [0, 0.1) is 20.8 Å². The molecule has 0 fully saturated rings. The number of fused-ring (bicyclic) bond motifs is 1. The molecule has 0 bridgehead atoms. The van der Waals surface area contributed by atoms with Crippen LogP contribution in [0.2, 0.25) is 0 Å². The largest absolute Gasteiger partial charge is 0.454 e. The molecule has 1 aromatic heterocycles. The molecule has 1 aliphatic heterocycles.